The minimum Gasteiger partial charge on any atom is -0.421 e. The monoisotopic (exact) mass is 478 g/mol. The molecule has 0 saturated heterocycles. The normalized spacial score (nSPS) is 11.2. The fraction of sp³-hybridized carbons (Fsp3) is 0.143. The number of rotatable bonds is 6. The Kier molecular flexibility index (Phi) is 6.74. The summed E-state index contributed by atoms with van der Waals surface area (Å²) in [5, 5.41) is -0.239. The van der Waals surface area contributed by atoms with Crippen LogP contribution in [0.2, 0.25) is 10.0 Å². The summed E-state index contributed by atoms with van der Waals surface area (Å²) in [6, 6.07) is 10.8. The molecule has 0 unspecified atom stereocenters. The number of carbonyl (C=O) groups excluding carboxylic acids is 2. The largest absolute Gasteiger partial charge is 0.421 e. The van der Waals surface area contributed by atoms with Crippen LogP contribution in [0.15, 0.2) is 53.8 Å². The fourth-order valence-electron chi connectivity index (χ4n) is 2.64. The SMILES string of the molecule is CC(=O)c1ccc(OC(=O)c2nc(S(=O)(=O)Cc3ccc(Cl)cc3)ncc2Cl)c(C)c1. The second-order valence-electron chi connectivity index (χ2n) is 6.66. The van der Waals surface area contributed by atoms with Crippen LogP contribution in [0.3, 0.4) is 0 Å². The van der Waals surface area contributed by atoms with E-state index in [1.54, 1.807) is 37.3 Å². The van der Waals surface area contributed by atoms with E-state index in [4.69, 9.17) is 27.9 Å². The highest BCUT2D eigenvalue weighted by atomic mass is 35.5. The Bertz CT molecular complexity index is 1280. The zero-order chi connectivity index (χ0) is 22.8. The number of carbonyl (C=O) groups is 2. The van der Waals surface area contributed by atoms with Gasteiger partial charge in [0.05, 0.1) is 17.0 Å². The van der Waals surface area contributed by atoms with E-state index in [9.17, 15) is 18.0 Å². The van der Waals surface area contributed by atoms with Crippen LogP contribution in [0.4, 0.5) is 0 Å². The molecule has 7 nitrogen and oxygen atoms in total. The van der Waals surface area contributed by atoms with Crippen molar-refractivity contribution < 1.29 is 22.7 Å². The van der Waals surface area contributed by atoms with E-state index in [1.807, 2.05) is 0 Å². The first kappa shape index (κ1) is 22.9. The van der Waals surface area contributed by atoms with Crippen molar-refractivity contribution in [2.24, 2.45) is 0 Å². The highest BCUT2D eigenvalue weighted by Gasteiger charge is 2.24. The third-order valence-electron chi connectivity index (χ3n) is 4.25. The van der Waals surface area contributed by atoms with Crippen LogP contribution in [-0.2, 0) is 15.6 Å². The van der Waals surface area contributed by atoms with Gasteiger partial charge in [0.2, 0.25) is 15.0 Å². The van der Waals surface area contributed by atoms with Gasteiger partial charge in [-0.2, -0.15) is 0 Å². The molecule has 0 aliphatic carbocycles. The van der Waals surface area contributed by atoms with Crippen molar-refractivity contribution in [1.29, 1.82) is 0 Å². The van der Waals surface area contributed by atoms with Gasteiger partial charge in [0.1, 0.15) is 5.75 Å². The number of nitrogens with zero attached hydrogens (tertiary/aromatic N) is 2. The standard InChI is InChI=1S/C21H16Cl2N2O5S/c1-12-9-15(13(2)26)5-8-18(12)30-20(27)19-17(23)10-24-21(25-19)31(28,29)11-14-3-6-16(22)7-4-14/h3-10H,11H2,1-2H3. The van der Waals surface area contributed by atoms with Crippen LogP contribution in [0.25, 0.3) is 0 Å². The number of halogens is 2. The summed E-state index contributed by atoms with van der Waals surface area (Å²) in [4.78, 5) is 31.7. The molecule has 1 aromatic heterocycles. The second kappa shape index (κ2) is 9.13. The molecule has 0 amide bonds. The Hall–Kier alpha value is -2.81. The first-order valence-electron chi connectivity index (χ1n) is 8.90. The van der Waals surface area contributed by atoms with E-state index in [0.29, 0.717) is 21.7 Å². The van der Waals surface area contributed by atoms with Gasteiger partial charge >= 0.3 is 5.97 Å². The van der Waals surface area contributed by atoms with Gasteiger partial charge in [0, 0.05) is 10.6 Å². The van der Waals surface area contributed by atoms with Crippen molar-refractivity contribution in [3.8, 4) is 5.75 Å². The highest BCUT2D eigenvalue weighted by Crippen LogP contribution is 2.23. The Morgan fingerprint density at radius 3 is 2.35 bits per heavy atom. The zero-order valence-electron chi connectivity index (χ0n) is 16.4. The van der Waals surface area contributed by atoms with Gasteiger partial charge in [0.25, 0.3) is 0 Å². The minimum absolute atomic E-state index is 0.129. The molecular weight excluding hydrogens is 463 g/mol. The number of hydrogen-bond acceptors (Lipinski definition) is 7. The lowest BCUT2D eigenvalue weighted by atomic mass is 10.1. The molecule has 0 radical (unpaired) electrons. The summed E-state index contributed by atoms with van der Waals surface area (Å²) in [5.41, 5.74) is 1.10. The Labute approximate surface area is 188 Å². The topological polar surface area (TPSA) is 103 Å². The van der Waals surface area contributed by atoms with E-state index in [-0.39, 0.29) is 28.0 Å². The first-order chi connectivity index (χ1) is 14.6. The fourth-order valence-corrected chi connectivity index (χ4v) is 4.14. The molecule has 31 heavy (non-hydrogen) atoms. The molecule has 0 bridgehead atoms. The third kappa shape index (κ3) is 5.46. The van der Waals surface area contributed by atoms with Crippen molar-refractivity contribution >= 4 is 44.8 Å². The number of ether oxygens (including phenoxy) is 1. The lowest BCUT2D eigenvalue weighted by molar-refractivity contribution is 0.0726. The van der Waals surface area contributed by atoms with E-state index in [2.05, 4.69) is 9.97 Å². The van der Waals surface area contributed by atoms with Crippen LogP contribution in [-0.4, -0.2) is 30.1 Å². The predicted octanol–water partition coefficient (Wildman–Crippen LogP) is 4.49. The van der Waals surface area contributed by atoms with Gasteiger partial charge in [-0.3, -0.25) is 4.79 Å². The maximum absolute atomic E-state index is 12.7. The van der Waals surface area contributed by atoms with Gasteiger partial charge in [-0.15, -0.1) is 0 Å². The molecule has 1 heterocycles. The average molecular weight is 479 g/mol. The van der Waals surface area contributed by atoms with Crippen molar-refractivity contribution in [2.45, 2.75) is 24.8 Å². The second-order valence-corrected chi connectivity index (χ2v) is 9.39. The molecule has 0 aliphatic heterocycles. The Balaban J connectivity index is 1.87. The van der Waals surface area contributed by atoms with Crippen molar-refractivity contribution in [1.82, 2.24) is 9.97 Å². The summed E-state index contributed by atoms with van der Waals surface area (Å²) in [6.45, 7) is 3.09. The molecule has 3 aromatic rings. The third-order valence-corrected chi connectivity index (χ3v) is 6.24. The Morgan fingerprint density at radius 1 is 1.06 bits per heavy atom. The van der Waals surface area contributed by atoms with Crippen molar-refractivity contribution in [2.75, 3.05) is 0 Å². The summed E-state index contributed by atoms with van der Waals surface area (Å²) in [7, 11) is -3.96. The molecule has 2 aromatic carbocycles. The van der Waals surface area contributed by atoms with E-state index < -0.39 is 21.0 Å². The molecule has 3 rings (SSSR count). The summed E-state index contributed by atoms with van der Waals surface area (Å²) in [5.74, 6) is -1.27. The van der Waals surface area contributed by atoms with Crippen LogP contribution in [0.1, 0.15) is 38.9 Å². The molecule has 0 fully saturated rings. The number of sulfone groups is 1. The van der Waals surface area contributed by atoms with Gasteiger partial charge in [-0.25, -0.2) is 23.2 Å². The van der Waals surface area contributed by atoms with Gasteiger partial charge < -0.3 is 4.74 Å². The van der Waals surface area contributed by atoms with Crippen LogP contribution >= 0.6 is 23.2 Å². The number of hydrogen-bond donors (Lipinski definition) is 0. The number of aryl methyl sites for hydroxylation is 1. The van der Waals surface area contributed by atoms with E-state index in [1.165, 1.54) is 19.1 Å². The van der Waals surface area contributed by atoms with Gasteiger partial charge in [0.15, 0.2) is 11.5 Å². The molecule has 0 N–H and O–H groups in total. The Morgan fingerprint density at radius 2 is 1.74 bits per heavy atom. The smallest absolute Gasteiger partial charge is 0.364 e. The summed E-state index contributed by atoms with van der Waals surface area (Å²) < 4.78 is 30.7. The van der Waals surface area contributed by atoms with Crippen molar-refractivity contribution in [3.63, 3.8) is 0 Å². The number of esters is 1. The molecule has 0 aliphatic rings. The maximum Gasteiger partial charge on any atom is 0.364 e. The molecule has 0 saturated carbocycles. The van der Waals surface area contributed by atoms with Crippen LogP contribution in [0.5, 0.6) is 5.75 Å². The molecule has 160 valence electrons. The lowest BCUT2D eigenvalue weighted by Gasteiger charge is -2.10. The maximum atomic E-state index is 12.7. The molecule has 0 spiro atoms. The molecular formula is C21H16Cl2N2O5S. The summed E-state index contributed by atoms with van der Waals surface area (Å²) >= 11 is 11.8. The van der Waals surface area contributed by atoms with E-state index >= 15 is 0 Å². The predicted molar refractivity (Wildman–Crippen MR) is 116 cm³/mol. The van der Waals surface area contributed by atoms with Gasteiger partial charge in [-0.1, -0.05) is 35.3 Å². The highest BCUT2D eigenvalue weighted by molar-refractivity contribution is 7.90. The van der Waals surface area contributed by atoms with Gasteiger partial charge in [-0.05, 0) is 55.3 Å². The lowest BCUT2D eigenvalue weighted by Crippen LogP contribution is -2.17. The zero-order valence-corrected chi connectivity index (χ0v) is 18.8. The van der Waals surface area contributed by atoms with Crippen LogP contribution < -0.4 is 4.74 Å². The van der Waals surface area contributed by atoms with Crippen LogP contribution in [0, 0.1) is 6.92 Å². The number of Topliss-reactive ketones (excluding diaryl/α,β-unsaturated/α-hetero) is 1. The summed E-state index contributed by atoms with van der Waals surface area (Å²) in [6.07, 6.45) is 1.03. The number of benzene rings is 2. The number of ketones is 1. The molecule has 0 atom stereocenters. The van der Waals surface area contributed by atoms with E-state index in [0.717, 1.165) is 6.20 Å². The quantitative estimate of drug-likeness (QED) is 0.222. The average Bonchev–Trinajstić information content (AvgIpc) is 2.71. The minimum atomic E-state index is -3.96. The van der Waals surface area contributed by atoms with Crippen molar-refractivity contribution in [3.05, 3.63) is 81.1 Å². The molecule has 10 heteroatoms. The number of aromatic nitrogens is 2. The first-order valence-corrected chi connectivity index (χ1v) is 11.3.